The Morgan fingerprint density at radius 1 is 1.21 bits per heavy atom. The van der Waals surface area contributed by atoms with Gasteiger partial charge in [-0.25, -0.2) is 4.99 Å². The van der Waals surface area contributed by atoms with Crippen molar-refractivity contribution in [2.75, 3.05) is 7.11 Å². The van der Waals surface area contributed by atoms with Crippen LogP contribution in [0.3, 0.4) is 0 Å². The van der Waals surface area contributed by atoms with E-state index in [-0.39, 0.29) is 11.9 Å². The van der Waals surface area contributed by atoms with Gasteiger partial charge in [-0.1, -0.05) is 43.0 Å². The van der Waals surface area contributed by atoms with E-state index in [1.165, 1.54) is 18.2 Å². The van der Waals surface area contributed by atoms with Gasteiger partial charge >= 0.3 is 0 Å². The Bertz CT molecular complexity index is 953. The second-order valence-electron chi connectivity index (χ2n) is 7.07. The van der Waals surface area contributed by atoms with Gasteiger partial charge in [0.05, 0.1) is 22.7 Å². The highest BCUT2D eigenvalue weighted by Gasteiger charge is 2.38. The Labute approximate surface area is 179 Å². The number of halogens is 1. The first-order valence-electron chi connectivity index (χ1n) is 9.71. The van der Waals surface area contributed by atoms with Crippen LogP contribution in [0.15, 0.2) is 52.6 Å². The molecule has 7 heteroatoms. The van der Waals surface area contributed by atoms with E-state index in [1.54, 1.807) is 25.6 Å². The zero-order chi connectivity index (χ0) is 20.2. The van der Waals surface area contributed by atoms with Gasteiger partial charge in [0.25, 0.3) is 5.91 Å². The molecule has 0 atom stereocenters. The molecule has 0 radical (unpaired) electrons. The van der Waals surface area contributed by atoms with Crippen LogP contribution in [0.4, 0.5) is 5.69 Å². The minimum atomic E-state index is 0.0154. The van der Waals surface area contributed by atoms with Crippen LogP contribution < -0.4 is 4.74 Å². The van der Waals surface area contributed by atoms with Crippen molar-refractivity contribution in [3.05, 3.63) is 58.2 Å². The first-order valence-corrected chi connectivity index (χ1v) is 10.9. The molecule has 1 saturated heterocycles. The number of aliphatic imine (C=N–C) groups is 1. The molecule has 1 aliphatic heterocycles. The summed E-state index contributed by atoms with van der Waals surface area (Å²) in [6.45, 7) is 0. The molecule has 0 unspecified atom stereocenters. The molecule has 150 valence electrons. The number of rotatable bonds is 4. The normalized spacial score (nSPS) is 20.6. The third kappa shape index (κ3) is 4.49. The Balaban J connectivity index is 1.69. The van der Waals surface area contributed by atoms with E-state index >= 15 is 0 Å². The zero-order valence-electron chi connectivity index (χ0n) is 16.2. The van der Waals surface area contributed by atoms with Crippen LogP contribution in [0.25, 0.3) is 6.08 Å². The minimum absolute atomic E-state index is 0.0154. The van der Waals surface area contributed by atoms with Crippen molar-refractivity contribution in [2.45, 2.75) is 38.1 Å². The number of benzene rings is 1. The molecule has 1 amide bonds. The molecule has 1 aromatic carbocycles. The van der Waals surface area contributed by atoms with E-state index in [1.807, 2.05) is 35.2 Å². The molecule has 0 spiro atoms. The number of amides is 1. The molecular formula is C22H22ClN3O2S. The monoisotopic (exact) mass is 427 g/mol. The van der Waals surface area contributed by atoms with Gasteiger partial charge in [0, 0.05) is 18.4 Å². The van der Waals surface area contributed by atoms with Gasteiger partial charge in [0.1, 0.15) is 5.75 Å². The van der Waals surface area contributed by atoms with Crippen molar-refractivity contribution in [3.8, 4) is 5.75 Å². The molecule has 0 N–H and O–H groups in total. The van der Waals surface area contributed by atoms with E-state index in [9.17, 15) is 4.79 Å². The molecule has 1 aromatic heterocycles. The average Bonchev–Trinajstić information content (AvgIpc) is 3.05. The van der Waals surface area contributed by atoms with Gasteiger partial charge in [0.2, 0.25) is 0 Å². The fraction of sp³-hybridized carbons (Fsp3) is 0.318. The van der Waals surface area contributed by atoms with Gasteiger partial charge < -0.3 is 4.74 Å². The van der Waals surface area contributed by atoms with E-state index < -0.39 is 0 Å². The maximum Gasteiger partial charge on any atom is 0.267 e. The summed E-state index contributed by atoms with van der Waals surface area (Å²) >= 11 is 7.66. The van der Waals surface area contributed by atoms with E-state index in [0.29, 0.717) is 20.8 Å². The molecule has 5 nitrogen and oxygen atoms in total. The number of carbonyl (C=O) groups is 1. The van der Waals surface area contributed by atoms with Crippen LogP contribution in [-0.2, 0) is 4.79 Å². The number of hydrogen-bond donors (Lipinski definition) is 0. The van der Waals surface area contributed by atoms with Crippen molar-refractivity contribution >= 4 is 46.2 Å². The largest absolute Gasteiger partial charge is 0.497 e. The van der Waals surface area contributed by atoms with Crippen LogP contribution in [0.2, 0.25) is 5.02 Å². The smallest absolute Gasteiger partial charge is 0.267 e. The van der Waals surface area contributed by atoms with Crippen molar-refractivity contribution < 1.29 is 9.53 Å². The van der Waals surface area contributed by atoms with Crippen molar-refractivity contribution in [3.63, 3.8) is 0 Å². The Morgan fingerprint density at radius 2 is 1.97 bits per heavy atom. The summed E-state index contributed by atoms with van der Waals surface area (Å²) in [6, 6.07) is 9.62. The predicted molar refractivity (Wildman–Crippen MR) is 119 cm³/mol. The number of pyridine rings is 1. The summed E-state index contributed by atoms with van der Waals surface area (Å²) < 4.78 is 5.21. The van der Waals surface area contributed by atoms with Crippen LogP contribution in [0.1, 0.15) is 37.7 Å². The fourth-order valence-corrected chi connectivity index (χ4v) is 4.85. The quantitative estimate of drug-likeness (QED) is 0.589. The highest BCUT2D eigenvalue weighted by atomic mass is 35.5. The van der Waals surface area contributed by atoms with Crippen molar-refractivity contribution in [1.82, 2.24) is 9.88 Å². The third-order valence-corrected chi connectivity index (χ3v) is 6.43. The average molecular weight is 428 g/mol. The molecule has 29 heavy (non-hydrogen) atoms. The molecule has 1 saturated carbocycles. The molecule has 2 aromatic rings. The van der Waals surface area contributed by atoms with Gasteiger partial charge in [-0.05, 0) is 54.4 Å². The first-order chi connectivity index (χ1) is 14.2. The highest BCUT2D eigenvalue weighted by molar-refractivity contribution is 8.18. The lowest BCUT2D eigenvalue weighted by atomic mass is 9.94. The molecule has 2 fully saturated rings. The van der Waals surface area contributed by atoms with Gasteiger partial charge in [-0.3, -0.25) is 14.7 Å². The number of thioether (sulfide) groups is 1. The van der Waals surface area contributed by atoms with Gasteiger partial charge in [-0.15, -0.1) is 0 Å². The Hall–Kier alpha value is -2.31. The number of methoxy groups -OCH3 is 1. The molecule has 4 rings (SSSR count). The molecule has 2 aliphatic rings. The predicted octanol–water partition coefficient (Wildman–Crippen LogP) is 5.68. The Kier molecular flexibility index (Phi) is 6.21. The summed E-state index contributed by atoms with van der Waals surface area (Å²) in [5.74, 6) is 0.803. The number of hydrogen-bond acceptors (Lipinski definition) is 5. The lowest BCUT2D eigenvalue weighted by Crippen LogP contribution is -2.40. The topological polar surface area (TPSA) is 54.8 Å². The Morgan fingerprint density at radius 3 is 2.66 bits per heavy atom. The summed E-state index contributed by atoms with van der Waals surface area (Å²) in [7, 11) is 1.64. The SMILES string of the molecule is COc1ccc(/C=C2\SC(=Nc3ccncc3Cl)N(C3CCCCC3)C2=O)cc1. The lowest BCUT2D eigenvalue weighted by Gasteiger charge is -2.30. The minimum Gasteiger partial charge on any atom is -0.497 e. The number of ether oxygens (including phenoxy) is 1. The first kappa shape index (κ1) is 20.0. The van der Waals surface area contributed by atoms with Crippen LogP contribution >= 0.6 is 23.4 Å². The third-order valence-electron chi connectivity index (χ3n) is 5.16. The zero-order valence-corrected chi connectivity index (χ0v) is 17.7. The van der Waals surface area contributed by atoms with Crippen LogP contribution in [-0.4, -0.2) is 34.1 Å². The summed E-state index contributed by atoms with van der Waals surface area (Å²) in [5, 5.41) is 1.17. The van der Waals surface area contributed by atoms with Gasteiger partial charge in [0.15, 0.2) is 5.17 Å². The lowest BCUT2D eigenvalue weighted by molar-refractivity contribution is -0.124. The molecule has 2 heterocycles. The maximum absolute atomic E-state index is 13.3. The second-order valence-corrected chi connectivity index (χ2v) is 8.49. The van der Waals surface area contributed by atoms with Crippen molar-refractivity contribution in [1.29, 1.82) is 0 Å². The van der Waals surface area contributed by atoms with E-state index in [0.717, 1.165) is 37.0 Å². The fourth-order valence-electron chi connectivity index (χ4n) is 3.64. The second kappa shape index (κ2) is 9.01. The summed E-state index contributed by atoms with van der Waals surface area (Å²) in [5.41, 5.74) is 1.58. The van der Waals surface area contributed by atoms with E-state index in [2.05, 4.69) is 4.98 Å². The van der Waals surface area contributed by atoms with Gasteiger partial charge in [-0.2, -0.15) is 0 Å². The summed E-state index contributed by atoms with van der Waals surface area (Å²) in [4.78, 5) is 24.6. The highest BCUT2D eigenvalue weighted by Crippen LogP contribution is 2.39. The number of amidine groups is 1. The molecule has 1 aliphatic carbocycles. The van der Waals surface area contributed by atoms with Crippen LogP contribution in [0.5, 0.6) is 5.75 Å². The van der Waals surface area contributed by atoms with E-state index in [4.69, 9.17) is 21.3 Å². The standard InChI is InChI=1S/C22H22ClN3O2S/c1-28-17-9-7-15(8-10-17)13-20-21(27)26(16-5-3-2-4-6-16)22(29-20)25-19-11-12-24-14-18(19)23/h7-14,16H,2-6H2,1H3/b20-13-,25-22?. The molecular weight excluding hydrogens is 406 g/mol. The number of aromatic nitrogens is 1. The number of nitrogens with zero attached hydrogens (tertiary/aromatic N) is 3. The maximum atomic E-state index is 13.3. The molecule has 0 bridgehead atoms. The van der Waals surface area contributed by atoms with Crippen LogP contribution in [0, 0.1) is 0 Å². The van der Waals surface area contributed by atoms with Crippen molar-refractivity contribution in [2.24, 2.45) is 4.99 Å². The number of carbonyl (C=O) groups excluding carboxylic acids is 1. The summed E-state index contributed by atoms with van der Waals surface area (Å²) in [6.07, 6.45) is 10.7.